The van der Waals surface area contributed by atoms with Gasteiger partial charge in [0.2, 0.25) is 0 Å². The highest BCUT2D eigenvalue weighted by molar-refractivity contribution is 5.30. The molecule has 4 heteroatoms. The third kappa shape index (κ3) is 3.35. The highest BCUT2D eigenvalue weighted by atomic mass is 19.1. The molecule has 3 atom stereocenters. The Morgan fingerprint density at radius 2 is 1.96 bits per heavy atom. The van der Waals surface area contributed by atoms with Gasteiger partial charge in [0.25, 0.3) is 0 Å². The van der Waals surface area contributed by atoms with Gasteiger partial charge in [-0.1, -0.05) is 18.2 Å². The molecule has 0 amide bonds. The molecule has 0 bridgehead atoms. The Labute approximate surface area is 142 Å². The van der Waals surface area contributed by atoms with Crippen LogP contribution in [0.2, 0.25) is 0 Å². The van der Waals surface area contributed by atoms with Crippen LogP contribution < -0.4 is 5.32 Å². The molecule has 3 heterocycles. The molecule has 0 saturated carbocycles. The van der Waals surface area contributed by atoms with Crippen molar-refractivity contribution in [1.82, 2.24) is 15.2 Å². The van der Waals surface area contributed by atoms with Crippen molar-refractivity contribution in [3.8, 4) is 0 Å². The van der Waals surface area contributed by atoms with Gasteiger partial charge >= 0.3 is 0 Å². The summed E-state index contributed by atoms with van der Waals surface area (Å²) in [5, 5.41) is 3.83. The van der Waals surface area contributed by atoms with Crippen LogP contribution >= 0.6 is 0 Å². The van der Waals surface area contributed by atoms with Gasteiger partial charge in [-0.25, -0.2) is 4.39 Å². The van der Waals surface area contributed by atoms with Crippen LogP contribution in [0.3, 0.4) is 0 Å². The van der Waals surface area contributed by atoms with Gasteiger partial charge < -0.3 is 10.2 Å². The summed E-state index contributed by atoms with van der Waals surface area (Å²) in [6, 6.07) is 12.2. The quantitative estimate of drug-likeness (QED) is 0.932. The van der Waals surface area contributed by atoms with Crippen molar-refractivity contribution in [2.24, 2.45) is 0 Å². The van der Waals surface area contributed by atoms with Crippen molar-refractivity contribution in [1.29, 1.82) is 0 Å². The number of aromatic nitrogens is 1. The topological polar surface area (TPSA) is 28.2 Å². The first kappa shape index (κ1) is 15.7. The summed E-state index contributed by atoms with van der Waals surface area (Å²) in [7, 11) is 0. The van der Waals surface area contributed by atoms with E-state index < -0.39 is 0 Å². The van der Waals surface area contributed by atoms with Crippen LogP contribution in [0.15, 0.2) is 48.8 Å². The summed E-state index contributed by atoms with van der Waals surface area (Å²) in [5.74, 6) is -0.192. The maximum atomic E-state index is 13.3. The second-order valence-corrected chi connectivity index (χ2v) is 6.99. The van der Waals surface area contributed by atoms with E-state index in [2.05, 4.69) is 21.3 Å². The SMILES string of the molecule is Fc1ccc([C@H](N[C@H]2CCN3CCC[C@@H]3C2)c2cccnc2)cc1. The number of nitrogens with one attached hydrogen (secondary N) is 1. The lowest BCUT2D eigenvalue weighted by Gasteiger charge is -2.37. The predicted molar refractivity (Wildman–Crippen MR) is 93.2 cm³/mol. The third-order valence-electron chi connectivity index (χ3n) is 5.44. The van der Waals surface area contributed by atoms with Crippen LogP contribution in [-0.2, 0) is 0 Å². The van der Waals surface area contributed by atoms with Crippen LogP contribution in [0.4, 0.5) is 4.39 Å². The Morgan fingerprint density at radius 3 is 2.75 bits per heavy atom. The van der Waals surface area contributed by atoms with Crippen molar-refractivity contribution in [2.45, 2.75) is 43.8 Å². The Balaban J connectivity index is 1.55. The van der Waals surface area contributed by atoms with Gasteiger partial charge in [-0.3, -0.25) is 4.98 Å². The van der Waals surface area contributed by atoms with Crippen LogP contribution in [0.25, 0.3) is 0 Å². The van der Waals surface area contributed by atoms with Crippen molar-refractivity contribution in [2.75, 3.05) is 13.1 Å². The molecular formula is C20H24FN3. The molecular weight excluding hydrogens is 301 g/mol. The monoisotopic (exact) mass is 325 g/mol. The summed E-state index contributed by atoms with van der Waals surface area (Å²) in [6.07, 6.45) is 8.74. The first-order valence-electron chi connectivity index (χ1n) is 8.95. The number of halogens is 1. The molecule has 2 aliphatic heterocycles. The number of benzene rings is 1. The molecule has 2 aliphatic rings. The highest BCUT2D eigenvalue weighted by Gasteiger charge is 2.32. The van der Waals surface area contributed by atoms with Gasteiger partial charge in [-0.05, 0) is 68.1 Å². The molecule has 1 aromatic carbocycles. The molecule has 1 N–H and O–H groups in total. The molecule has 1 aromatic heterocycles. The zero-order valence-corrected chi connectivity index (χ0v) is 13.9. The van der Waals surface area contributed by atoms with E-state index in [0.29, 0.717) is 6.04 Å². The van der Waals surface area contributed by atoms with Gasteiger partial charge in [0, 0.05) is 24.5 Å². The Hall–Kier alpha value is -1.78. The molecule has 24 heavy (non-hydrogen) atoms. The van der Waals surface area contributed by atoms with Crippen LogP contribution in [-0.4, -0.2) is 35.1 Å². The predicted octanol–water partition coefficient (Wildman–Crippen LogP) is 3.53. The van der Waals surface area contributed by atoms with Gasteiger partial charge in [-0.2, -0.15) is 0 Å². The van der Waals surface area contributed by atoms with Gasteiger partial charge in [0.1, 0.15) is 5.82 Å². The van der Waals surface area contributed by atoms with Crippen molar-refractivity contribution in [3.05, 3.63) is 65.7 Å². The average Bonchev–Trinajstić information content (AvgIpc) is 3.09. The first-order chi connectivity index (χ1) is 11.8. The number of hydrogen-bond donors (Lipinski definition) is 1. The molecule has 0 unspecified atom stereocenters. The number of rotatable bonds is 4. The number of fused-ring (bicyclic) bond motifs is 1. The lowest BCUT2D eigenvalue weighted by Crippen LogP contribution is -2.46. The van der Waals surface area contributed by atoms with E-state index in [1.54, 1.807) is 18.3 Å². The standard InChI is InChI=1S/C20H24FN3/c21-17-7-5-15(6-8-17)20(16-3-1-10-22-14-16)23-18-9-12-24-11-2-4-19(24)13-18/h1,3,5-8,10,14,18-20,23H,2,4,9,11-13H2/t18-,19+,20-/m0/s1. The molecule has 4 rings (SSSR count). The van der Waals surface area contributed by atoms with Gasteiger partial charge in [-0.15, -0.1) is 0 Å². The van der Waals surface area contributed by atoms with Crippen LogP contribution in [0.1, 0.15) is 42.9 Å². The zero-order chi connectivity index (χ0) is 16.4. The number of nitrogens with zero attached hydrogens (tertiary/aromatic N) is 2. The number of pyridine rings is 1. The minimum Gasteiger partial charge on any atom is -0.303 e. The van der Waals surface area contributed by atoms with E-state index in [1.165, 1.54) is 38.8 Å². The Morgan fingerprint density at radius 1 is 1.08 bits per heavy atom. The van der Waals surface area contributed by atoms with Crippen LogP contribution in [0, 0.1) is 5.82 Å². The fourth-order valence-electron chi connectivity index (χ4n) is 4.20. The molecule has 2 aromatic rings. The van der Waals surface area contributed by atoms with E-state index in [4.69, 9.17) is 0 Å². The first-order valence-corrected chi connectivity index (χ1v) is 8.95. The number of hydrogen-bond acceptors (Lipinski definition) is 3. The Kier molecular flexibility index (Phi) is 4.58. The molecule has 126 valence electrons. The van der Waals surface area contributed by atoms with E-state index in [9.17, 15) is 4.39 Å². The third-order valence-corrected chi connectivity index (χ3v) is 5.44. The van der Waals surface area contributed by atoms with Crippen molar-refractivity contribution < 1.29 is 4.39 Å². The van der Waals surface area contributed by atoms with E-state index >= 15 is 0 Å². The summed E-state index contributed by atoms with van der Waals surface area (Å²) < 4.78 is 13.3. The lowest BCUT2D eigenvalue weighted by molar-refractivity contribution is 0.163. The fourth-order valence-corrected chi connectivity index (χ4v) is 4.20. The lowest BCUT2D eigenvalue weighted by atomic mass is 9.93. The molecule has 0 aliphatic carbocycles. The zero-order valence-electron chi connectivity index (χ0n) is 13.9. The maximum Gasteiger partial charge on any atom is 0.123 e. The molecule has 2 saturated heterocycles. The fraction of sp³-hybridized carbons (Fsp3) is 0.450. The smallest absolute Gasteiger partial charge is 0.123 e. The average molecular weight is 325 g/mol. The minimum atomic E-state index is -0.192. The maximum absolute atomic E-state index is 13.3. The van der Waals surface area contributed by atoms with E-state index in [0.717, 1.165) is 17.2 Å². The summed E-state index contributed by atoms with van der Waals surface area (Å²) >= 11 is 0. The largest absolute Gasteiger partial charge is 0.303 e. The highest BCUT2D eigenvalue weighted by Crippen LogP contribution is 2.30. The summed E-state index contributed by atoms with van der Waals surface area (Å²) in [6.45, 7) is 2.45. The molecule has 0 spiro atoms. The van der Waals surface area contributed by atoms with Crippen molar-refractivity contribution >= 4 is 0 Å². The molecule has 3 nitrogen and oxygen atoms in total. The number of piperidine rings is 1. The molecule has 2 fully saturated rings. The second-order valence-electron chi connectivity index (χ2n) is 6.99. The van der Waals surface area contributed by atoms with E-state index in [1.807, 2.05) is 24.4 Å². The summed E-state index contributed by atoms with van der Waals surface area (Å²) in [4.78, 5) is 6.91. The van der Waals surface area contributed by atoms with Gasteiger partial charge in [0.05, 0.1) is 6.04 Å². The van der Waals surface area contributed by atoms with Crippen LogP contribution in [0.5, 0.6) is 0 Å². The minimum absolute atomic E-state index is 0.0669. The Bertz CT molecular complexity index is 658. The second kappa shape index (κ2) is 6.99. The van der Waals surface area contributed by atoms with Gasteiger partial charge in [0.15, 0.2) is 0 Å². The molecule has 0 radical (unpaired) electrons. The summed E-state index contributed by atoms with van der Waals surface area (Å²) in [5.41, 5.74) is 2.23. The normalized spacial score (nSPS) is 25.4. The van der Waals surface area contributed by atoms with Crippen molar-refractivity contribution in [3.63, 3.8) is 0 Å². The van der Waals surface area contributed by atoms with E-state index in [-0.39, 0.29) is 11.9 Å².